The van der Waals surface area contributed by atoms with Crippen LogP contribution in [0, 0.1) is 0 Å². The van der Waals surface area contributed by atoms with E-state index < -0.39 is 5.97 Å². The predicted molar refractivity (Wildman–Crippen MR) is 93.6 cm³/mol. The fourth-order valence-electron chi connectivity index (χ4n) is 2.81. The molecule has 1 rings (SSSR count). The van der Waals surface area contributed by atoms with Crippen molar-refractivity contribution in [1.82, 2.24) is 0 Å². The molecule has 124 valence electrons. The number of aryl methyl sites for hydroxylation is 1. The van der Waals surface area contributed by atoms with Gasteiger partial charge in [0.05, 0.1) is 5.56 Å². The molecule has 0 aliphatic heterocycles. The summed E-state index contributed by atoms with van der Waals surface area (Å²) < 4.78 is 0. The lowest BCUT2D eigenvalue weighted by Gasteiger charge is -2.04. The first-order chi connectivity index (χ1) is 10.7. The number of hydrogen-bond donors (Lipinski definition) is 1. The zero-order valence-corrected chi connectivity index (χ0v) is 14.2. The van der Waals surface area contributed by atoms with Crippen molar-refractivity contribution < 1.29 is 9.90 Å². The molecule has 0 amide bonds. The topological polar surface area (TPSA) is 37.3 Å². The molecule has 0 saturated carbocycles. The number of benzene rings is 1. The van der Waals surface area contributed by atoms with Crippen LogP contribution in [0.1, 0.15) is 93.5 Å². The third kappa shape index (κ3) is 8.86. The van der Waals surface area contributed by atoms with Crippen LogP contribution in [0.3, 0.4) is 0 Å². The number of carboxylic acid groups (broad SMARTS) is 1. The summed E-state index contributed by atoms with van der Waals surface area (Å²) in [6.45, 7) is 2.26. The first-order valence-electron chi connectivity index (χ1n) is 9.06. The standard InChI is InChI=1S/C20H32O2/c1-2-3-4-5-6-7-8-9-10-11-12-13-18-14-16-19(17-15-18)20(21)22/h14-17H,2-13H2,1H3,(H,21,22). The van der Waals surface area contributed by atoms with Crippen molar-refractivity contribution in [2.45, 2.75) is 84.0 Å². The summed E-state index contributed by atoms with van der Waals surface area (Å²) in [5.41, 5.74) is 1.63. The fourth-order valence-corrected chi connectivity index (χ4v) is 2.81. The van der Waals surface area contributed by atoms with Gasteiger partial charge in [-0.15, -0.1) is 0 Å². The Bertz CT molecular complexity index is 395. The quantitative estimate of drug-likeness (QED) is 0.438. The van der Waals surface area contributed by atoms with Gasteiger partial charge in [-0.25, -0.2) is 4.79 Å². The van der Waals surface area contributed by atoms with E-state index >= 15 is 0 Å². The summed E-state index contributed by atoms with van der Waals surface area (Å²) in [7, 11) is 0. The summed E-state index contributed by atoms with van der Waals surface area (Å²) in [4.78, 5) is 10.8. The molecule has 0 bridgehead atoms. The van der Waals surface area contributed by atoms with Crippen LogP contribution in [0.4, 0.5) is 0 Å². The van der Waals surface area contributed by atoms with Gasteiger partial charge in [-0.1, -0.05) is 83.3 Å². The van der Waals surface area contributed by atoms with Gasteiger partial charge in [0.1, 0.15) is 0 Å². The number of hydrogen-bond acceptors (Lipinski definition) is 1. The number of carboxylic acids is 1. The van der Waals surface area contributed by atoms with E-state index in [0.717, 1.165) is 6.42 Å². The number of rotatable bonds is 13. The van der Waals surface area contributed by atoms with E-state index in [-0.39, 0.29) is 0 Å². The van der Waals surface area contributed by atoms with Crippen LogP contribution in [0.2, 0.25) is 0 Å². The Balaban J connectivity index is 1.94. The lowest BCUT2D eigenvalue weighted by atomic mass is 10.0. The molecule has 0 radical (unpaired) electrons. The second-order valence-corrected chi connectivity index (χ2v) is 6.29. The van der Waals surface area contributed by atoms with Crippen LogP contribution < -0.4 is 0 Å². The van der Waals surface area contributed by atoms with Crippen molar-refractivity contribution >= 4 is 5.97 Å². The van der Waals surface area contributed by atoms with E-state index in [9.17, 15) is 4.79 Å². The molecule has 2 nitrogen and oxygen atoms in total. The molecule has 1 N–H and O–H groups in total. The molecular formula is C20H32O2. The van der Waals surface area contributed by atoms with Gasteiger partial charge >= 0.3 is 5.97 Å². The molecule has 0 fully saturated rings. The molecule has 0 aliphatic carbocycles. The molecule has 22 heavy (non-hydrogen) atoms. The Hall–Kier alpha value is -1.31. The van der Waals surface area contributed by atoms with Crippen LogP contribution in [0.15, 0.2) is 24.3 Å². The average Bonchev–Trinajstić information content (AvgIpc) is 2.53. The van der Waals surface area contributed by atoms with E-state index in [1.54, 1.807) is 12.1 Å². The maximum Gasteiger partial charge on any atom is 0.335 e. The Morgan fingerprint density at radius 2 is 1.23 bits per heavy atom. The van der Waals surface area contributed by atoms with Gasteiger partial charge < -0.3 is 5.11 Å². The monoisotopic (exact) mass is 304 g/mol. The van der Waals surface area contributed by atoms with Crippen LogP contribution in [0.25, 0.3) is 0 Å². The number of unbranched alkanes of at least 4 members (excludes halogenated alkanes) is 10. The van der Waals surface area contributed by atoms with Gasteiger partial charge in [0.25, 0.3) is 0 Å². The van der Waals surface area contributed by atoms with Gasteiger partial charge in [0.15, 0.2) is 0 Å². The average molecular weight is 304 g/mol. The van der Waals surface area contributed by atoms with Crippen molar-refractivity contribution in [2.24, 2.45) is 0 Å². The van der Waals surface area contributed by atoms with Crippen molar-refractivity contribution in [3.05, 3.63) is 35.4 Å². The maximum absolute atomic E-state index is 10.8. The molecule has 1 aromatic carbocycles. The maximum atomic E-state index is 10.8. The second kappa shape index (κ2) is 12.3. The fraction of sp³-hybridized carbons (Fsp3) is 0.650. The smallest absolute Gasteiger partial charge is 0.335 e. The SMILES string of the molecule is CCCCCCCCCCCCCc1ccc(C(=O)O)cc1. The van der Waals surface area contributed by atoms with E-state index in [4.69, 9.17) is 5.11 Å². The highest BCUT2D eigenvalue weighted by Crippen LogP contribution is 2.13. The molecule has 0 heterocycles. The second-order valence-electron chi connectivity index (χ2n) is 6.29. The first-order valence-corrected chi connectivity index (χ1v) is 9.06. The predicted octanol–water partition coefficient (Wildman–Crippen LogP) is 6.24. The Labute approximate surface area is 135 Å². The lowest BCUT2D eigenvalue weighted by molar-refractivity contribution is 0.0697. The van der Waals surface area contributed by atoms with Crippen LogP contribution in [0.5, 0.6) is 0 Å². The van der Waals surface area contributed by atoms with Crippen molar-refractivity contribution in [3.63, 3.8) is 0 Å². The van der Waals surface area contributed by atoms with E-state index in [1.165, 1.54) is 76.2 Å². The molecule has 0 aliphatic rings. The summed E-state index contributed by atoms with van der Waals surface area (Å²) in [5.74, 6) is -0.846. The van der Waals surface area contributed by atoms with Gasteiger partial charge in [-0.3, -0.25) is 0 Å². The largest absolute Gasteiger partial charge is 0.478 e. The van der Waals surface area contributed by atoms with E-state index in [2.05, 4.69) is 6.92 Å². The highest BCUT2D eigenvalue weighted by atomic mass is 16.4. The molecule has 0 spiro atoms. The minimum absolute atomic E-state index is 0.377. The van der Waals surface area contributed by atoms with E-state index in [0.29, 0.717) is 5.56 Å². The first kappa shape index (κ1) is 18.7. The normalized spacial score (nSPS) is 10.8. The molecule has 2 heteroatoms. The molecule has 1 aromatic rings. The third-order valence-corrected chi connectivity index (χ3v) is 4.27. The molecule has 0 aromatic heterocycles. The molecular weight excluding hydrogens is 272 g/mol. The van der Waals surface area contributed by atoms with Crippen molar-refractivity contribution in [1.29, 1.82) is 0 Å². The van der Waals surface area contributed by atoms with Crippen LogP contribution >= 0.6 is 0 Å². The third-order valence-electron chi connectivity index (χ3n) is 4.27. The Morgan fingerprint density at radius 3 is 1.68 bits per heavy atom. The van der Waals surface area contributed by atoms with Crippen LogP contribution in [-0.4, -0.2) is 11.1 Å². The summed E-state index contributed by atoms with van der Waals surface area (Å²) in [6, 6.07) is 7.30. The van der Waals surface area contributed by atoms with E-state index in [1.807, 2.05) is 12.1 Å². The Kier molecular flexibility index (Phi) is 10.4. The van der Waals surface area contributed by atoms with Crippen LogP contribution in [-0.2, 0) is 6.42 Å². The zero-order chi connectivity index (χ0) is 16.0. The lowest BCUT2D eigenvalue weighted by Crippen LogP contribution is -1.96. The minimum atomic E-state index is -0.846. The van der Waals surface area contributed by atoms with Crippen molar-refractivity contribution in [3.8, 4) is 0 Å². The number of aromatic carboxylic acids is 1. The molecule has 0 atom stereocenters. The van der Waals surface area contributed by atoms with Crippen molar-refractivity contribution in [2.75, 3.05) is 0 Å². The highest BCUT2D eigenvalue weighted by Gasteiger charge is 2.01. The zero-order valence-electron chi connectivity index (χ0n) is 14.2. The minimum Gasteiger partial charge on any atom is -0.478 e. The van der Waals surface area contributed by atoms with Gasteiger partial charge in [-0.2, -0.15) is 0 Å². The molecule has 0 saturated heterocycles. The summed E-state index contributed by atoms with van der Waals surface area (Å²) in [5, 5.41) is 8.85. The Morgan fingerprint density at radius 1 is 0.773 bits per heavy atom. The molecule has 0 unspecified atom stereocenters. The van der Waals surface area contributed by atoms with Gasteiger partial charge in [0, 0.05) is 0 Å². The summed E-state index contributed by atoms with van der Waals surface area (Å²) >= 11 is 0. The highest BCUT2D eigenvalue weighted by molar-refractivity contribution is 5.87. The van der Waals surface area contributed by atoms with Gasteiger partial charge in [0.2, 0.25) is 0 Å². The summed E-state index contributed by atoms with van der Waals surface area (Å²) in [6.07, 6.45) is 16.0. The number of carbonyl (C=O) groups is 1. The van der Waals surface area contributed by atoms with Gasteiger partial charge in [-0.05, 0) is 30.5 Å².